The summed E-state index contributed by atoms with van der Waals surface area (Å²) in [6.07, 6.45) is 1.73. The number of hydrogen-bond donors (Lipinski definition) is 1. The van der Waals surface area contributed by atoms with E-state index < -0.39 is 0 Å². The van der Waals surface area contributed by atoms with E-state index in [1.54, 1.807) is 0 Å². The maximum atomic E-state index is 12.4. The van der Waals surface area contributed by atoms with Gasteiger partial charge in [-0.1, -0.05) is 52.3 Å². The molecule has 3 rings (SSSR count). The SMILES string of the molecule is CC(=O)NCCCc1ccc(C(=O)COc2ccc3cc(Br)ccc3c2)cc1. The molecule has 0 fully saturated rings. The first-order valence-electron chi connectivity index (χ1n) is 9.20. The Morgan fingerprint density at radius 2 is 1.68 bits per heavy atom. The third-order valence-electron chi connectivity index (χ3n) is 4.44. The smallest absolute Gasteiger partial charge is 0.216 e. The molecular weight excluding hydrogens is 418 g/mol. The average Bonchev–Trinajstić information content (AvgIpc) is 2.69. The van der Waals surface area contributed by atoms with Crippen LogP contribution >= 0.6 is 15.9 Å². The van der Waals surface area contributed by atoms with Crippen molar-refractivity contribution >= 4 is 38.4 Å². The van der Waals surface area contributed by atoms with Gasteiger partial charge in [-0.2, -0.15) is 0 Å². The normalized spacial score (nSPS) is 10.6. The zero-order chi connectivity index (χ0) is 19.9. The summed E-state index contributed by atoms with van der Waals surface area (Å²) >= 11 is 3.46. The second-order valence-electron chi connectivity index (χ2n) is 6.65. The van der Waals surface area contributed by atoms with Gasteiger partial charge in [-0.3, -0.25) is 9.59 Å². The van der Waals surface area contributed by atoms with Crippen LogP contribution in [0, 0.1) is 0 Å². The molecule has 0 radical (unpaired) electrons. The molecule has 0 unspecified atom stereocenters. The van der Waals surface area contributed by atoms with Crippen LogP contribution in [-0.2, 0) is 11.2 Å². The minimum Gasteiger partial charge on any atom is -0.485 e. The number of carbonyl (C=O) groups is 2. The van der Waals surface area contributed by atoms with Gasteiger partial charge < -0.3 is 10.1 Å². The summed E-state index contributed by atoms with van der Waals surface area (Å²) in [5.41, 5.74) is 1.78. The molecule has 5 heteroatoms. The van der Waals surface area contributed by atoms with Crippen LogP contribution in [0.3, 0.4) is 0 Å². The predicted octanol–water partition coefficient (Wildman–Crippen LogP) is 4.93. The van der Waals surface area contributed by atoms with E-state index in [4.69, 9.17) is 4.74 Å². The van der Waals surface area contributed by atoms with Gasteiger partial charge in [-0.05, 0) is 53.4 Å². The summed E-state index contributed by atoms with van der Waals surface area (Å²) in [4.78, 5) is 23.2. The fourth-order valence-corrected chi connectivity index (χ4v) is 3.31. The standard InChI is InChI=1S/C23H22BrNO3/c1-16(26)25-12-2-3-17-4-6-18(7-5-17)23(27)15-28-22-11-9-19-13-21(24)10-8-20(19)14-22/h4-11,13-14H,2-3,12,15H2,1H3,(H,25,26). The molecule has 1 amide bonds. The van der Waals surface area contributed by atoms with Crippen molar-refractivity contribution in [1.82, 2.24) is 5.32 Å². The molecule has 28 heavy (non-hydrogen) atoms. The first-order valence-corrected chi connectivity index (χ1v) is 9.99. The molecule has 0 aliphatic carbocycles. The number of aryl methyl sites for hydroxylation is 1. The topological polar surface area (TPSA) is 55.4 Å². The van der Waals surface area contributed by atoms with Crippen molar-refractivity contribution in [2.75, 3.05) is 13.2 Å². The third-order valence-corrected chi connectivity index (χ3v) is 4.93. The van der Waals surface area contributed by atoms with Crippen molar-refractivity contribution in [3.63, 3.8) is 0 Å². The van der Waals surface area contributed by atoms with Gasteiger partial charge in [0.25, 0.3) is 0 Å². The maximum absolute atomic E-state index is 12.4. The zero-order valence-electron chi connectivity index (χ0n) is 15.7. The van der Waals surface area contributed by atoms with E-state index in [-0.39, 0.29) is 18.3 Å². The molecule has 0 saturated heterocycles. The molecule has 0 aliphatic rings. The van der Waals surface area contributed by atoms with Crippen LogP contribution < -0.4 is 10.1 Å². The quantitative estimate of drug-likeness (QED) is 0.399. The Balaban J connectivity index is 1.53. The van der Waals surface area contributed by atoms with E-state index in [9.17, 15) is 9.59 Å². The van der Waals surface area contributed by atoms with Gasteiger partial charge in [-0.15, -0.1) is 0 Å². The molecule has 1 N–H and O–H groups in total. The van der Waals surface area contributed by atoms with Gasteiger partial charge in [-0.25, -0.2) is 0 Å². The lowest BCUT2D eigenvalue weighted by Crippen LogP contribution is -2.21. The van der Waals surface area contributed by atoms with Gasteiger partial charge in [0, 0.05) is 23.5 Å². The number of halogens is 1. The maximum Gasteiger partial charge on any atom is 0.216 e. The molecule has 0 aliphatic heterocycles. The Kier molecular flexibility index (Phi) is 6.82. The summed E-state index contributed by atoms with van der Waals surface area (Å²) in [6, 6.07) is 19.4. The molecular formula is C23H22BrNO3. The summed E-state index contributed by atoms with van der Waals surface area (Å²) in [5.74, 6) is 0.610. The summed E-state index contributed by atoms with van der Waals surface area (Å²) < 4.78 is 6.72. The van der Waals surface area contributed by atoms with E-state index in [1.165, 1.54) is 6.92 Å². The first-order chi connectivity index (χ1) is 13.5. The monoisotopic (exact) mass is 439 g/mol. The number of fused-ring (bicyclic) bond motifs is 1. The van der Waals surface area contributed by atoms with Crippen LogP contribution in [0.5, 0.6) is 5.75 Å². The van der Waals surface area contributed by atoms with Gasteiger partial charge in [0.1, 0.15) is 5.75 Å². The Bertz CT molecular complexity index is 983. The van der Waals surface area contributed by atoms with Crippen molar-refractivity contribution in [3.8, 4) is 5.75 Å². The number of benzene rings is 3. The van der Waals surface area contributed by atoms with Gasteiger partial charge >= 0.3 is 0 Å². The number of hydrogen-bond acceptors (Lipinski definition) is 3. The van der Waals surface area contributed by atoms with Crippen molar-refractivity contribution in [2.24, 2.45) is 0 Å². The van der Waals surface area contributed by atoms with E-state index in [2.05, 4.69) is 21.2 Å². The third kappa shape index (κ3) is 5.67. The molecule has 0 heterocycles. The van der Waals surface area contributed by atoms with Crippen molar-refractivity contribution in [2.45, 2.75) is 19.8 Å². The average molecular weight is 440 g/mol. The lowest BCUT2D eigenvalue weighted by molar-refractivity contribution is -0.118. The Morgan fingerprint density at radius 3 is 2.43 bits per heavy atom. The van der Waals surface area contributed by atoms with Crippen molar-refractivity contribution in [3.05, 3.63) is 76.3 Å². The van der Waals surface area contributed by atoms with E-state index in [0.29, 0.717) is 17.9 Å². The fraction of sp³-hybridized carbons (Fsp3) is 0.217. The summed E-state index contributed by atoms with van der Waals surface area (Å²) in [7, 11) is 0. The molecule has 0 bridgehead atoms. The molecule has 3 aromatic carbocycles. The highest BCUT2D eigenvalue weighted by atomic mass is 79.9. The molecule has 3 aromatic rings. The molecule has 0 atom stereocenters. The summed E-state index contributed by atoms with van der Waals surface area (Å²) in [5, 5.41) is 4.96. The van der Waals surface area contributed by atoms with E-state index in [0.717, 1.165) is 33.7 Å². The van der Waals surface area contributed by atoms with Crippen LogP contribution in [0.1, 0.15) is 29.3 Å². The van der Waals surface area contributed by atoms with Crippen LogP contribution in [-0.4, -0.2) is 24.8 Å². The Labute approximate surface area is 173 Å². The predicted molar refractivity (Wildman–Crippen MR) is 115 cm³/mol. The van der Waals surface area contributed by atoms with E-state index in [1.807, 2.05) is 60.7 Å². The molecule has 0 spiro atoms. The van der Waals surface area contributed by atoms with Gasteiger partial charge in [0.2, 0.25) is 5.91 Å². The number of carbonyl (C=O) groups excluding carboxylic acids is 2. The number of amides is 1. The highest BCUT2D eigenvalue weighted by Crippen LogP contribution is 2.24. The minimum absolute atomic E-state index is 0.00388. The second kappa shape index (κ2) is 9.51. The van der Waals surface area contributed by atoms with Crippen LogP contribution in [0.25, 0.3) is 10.8 Å². The summed E-state index contributed by atoms with van der Waals surface area (Å²) in [6.45, 7) is 2.18. The number of nitrogens with one attached hydrogen (secondary N) is 1. The molecule has 0 aromatic heterocycles. The second-order valence-corrected chi connectivity index (χ2v) is 7.56. The van der Waals surface area contributed by atoms with Crippen LogP contribution in [0.4, 0.5) is 0 Å². The highest BCUT2D eigenvalue weighted by molar-refractivity contribution is 9.10. The number of Topliss-reactive ketones (excluding diaryl/α,β-unsaturated/α-hetero) is 1. The largest absolute Gasteiger partial charge is 0.485 e. The molecule has 0 saturated carbocycles. The first kappa shape index (κ1) is 20.1. The van der Waals surface area contributed by atoms with Gasteiger partial charge in [0.05, 0.1) is 0 Å². The van der Waals surface area contributed by atoms with Crippen molar-refractivity contribution < 1.29 is 14.3 Å². The van der Waals surface area contributed by atoms with Crippen molar-refractivity contribution in [1.29, 1.82) is 0 Å². The number of ketones is 1. The van der Waals surface area contributed by atoms with Crippen LogP contribution in [0.15, 0.2) is 65.1 Å². The zero-order valence-corrected chi connectivity index (χ0v) is 17.3. The fourth-order valence-electron chi connectivity index (χ4n) is 2.93. The highest BCUT2D eigenvalue weighted by Gasteiger charge is 2.08. The lowest BCUT2D eigenvalue weighted by Gasteiger charge is -2.08. The van der Waals surface area contributed by atoms with Crippen LogP contribution in [0.2, 0.25) is 0 Å². The van der Waals surface area contributed by atoms with Gasteiger partial charge in [0.15, 0.2) is 12.4 Å². The lowest BCUT2D eigenvalue weighted by atomic mass is 10.1. The molecule has 4 nitrogen and oxygen atoms in total. The number of ether oxygens (including phenoxy) is 1. The Morgan fingerprint density at radius 1 is 0.964 bits per heavy atom. The number of rotatable bonds is 8. The van der Waals surface area contributed by atoms with E-state index >= 15 is 0 Å². The Hall–Kier alpha value is -2.66. The molecule has 144 valence electrons. The minimum atomic E-state index is -0.0549.